The number of rotatable bonds is 6. The van der Waals surface area contributed by atoms with Gasteiger partial charge in [0.15, 0.2) is 0 Å². The summed E-state index contributed by atoms with van der Waals surface area (Å²) in [5, 5.41) is 4.64. The fourth-order valence-electron chi connectivity index (χ4n) is 2.31. The summed E-state index contributed by atoms with van der Waals surface area (Å²) in [6, 6.07) is 12.3. The van der Waals surface area contributed by atoms with Crippen LogP contribution in [0.4, 0.5) is 4.39 Å². The van der Waals surface area contributed by atoms with Gasteiger partial charge in [-0.2, -0.15) is 0 Å². The Morgan fingerprint density at radius 1 is 1.04 bits per heavy atom. The molecule has 7 heteroatoms. The first kappa shape index (κ1) is 19.3. The molecular weight excluding hydrogens is 337 g/mol. The Balaban J connectivity index is 1.86. The summed E-state index contributed by atoms with van der Waals surface area (Å²) < 4.78 is 13.1. The van der Waals surface area contributed by atoms with Crippen LogP contribution in [0.1, 0.15) is 24.1 Å². The zero-order chi connectivity index (χ0) is 19.1. The minimum absolute atomic E-state index is 0.0765. The molecule has 0 aromatic heterocycles. The highest BCUT2D eigenvalue weighted by atomic mass is 19.1. The van der Waals surface area contributed by atoms with Crippen molar-refractivity contribution in [3.05, 3.63) is 71.5 Å². The maximum Gasteiger partial charge on any atom is 0.248 e. The molecule has 26 heavy (non-hydrogen) atoms. The monoisotopic (exact) mass is 357 g/mol. The van der Waals surface area contributed by atoms with E-state index in [1.807, 2.05) is 0 Å². The number of hydrogen-bond acceptors (Lipinski definition) is 4. The summed E-state index contributed by atoms with van der Waals surface area (Å²) in [4.78, 5) is 36.1. The highest BCUT2D eigenvalue weighted by molar-refractivity contribution is 6.01. The number of nitrogens with two attached hydrogens (primary N) is 1. The molecule has 3 amide bonds. The van der Waals surface area contributed by atoms with E-state index in [-0.39, 0.29) is 6.42 Å². The van der Waals surface area contributed by atoms with E-state index < -0.39 is 35.6 Å². The van der Waals surface area contributed by atoms with Gasteiger partial charge in [-0.15, -0.1) is 0 Å². The van der Waals surface area contributed by atoms with Crippen LogP contribution in [0.3, 0.4) is 0 Å². The van der Waals surface area contributed by atoms with Crippen molar-refractivity contribution < 1.29 is 18.8 Å². The predicted octanol–water partition coefficient (Wildman–Crippen LogP) is 1.22. The second-order valence-corrected chi connectivity index (χ2v) is 5.84. The number of nitrogens with one attached hydrogen (secondary N) is 2. The van der Waals surface area contributed by atoms with Crippen LogP contribution in [0.2, 0.25) is 0 Å². The molecule has 0 unspecified atom stereocenters. The van der Waals surface area contributed by atoms with Gasteiger partial charge in [-0.05, 0) is 30.2 Å². The molecule has 0 saturated carbocycles. The quantitative estimate of drug-likeness (QED) is 0.723. The van der Waals surface area contributed by atoms with Crippen LogP contribution in [0.5, 0.6) is 0 Å². The van der Waals surface area contributed by atoms with E-state index in [1.54, 1.807) is 36.4 Å². The van der Waals surface area contributed by atoms with E-state index >= 15 is 0 Å². The molecule has 0 aliphatic rings. The average Bonchev–Trinajstić information content (AvgIpc) is 2.61. The maximum atomic E-state index is 13.1. The van der Waals surface area contributed by atoms with E-state index in [2.05, 4.69) is 10.6 Å². The van der Waals surface area contributed by atoms with Crippen LogP contribution in [-0.4, -0.2) is 23.8 Å². The Hall–Kier alpha value is -3.06. The topological polar surface area (TPSA) is 101 Å². The lowest BCUT2D eigenvalue weighted by molar-refractivity contribution is -0.134. The lowest BCUT2D eigenvalue weighted by atomic mass is 10.1. The summed E-state index contributed by atoms with van der Waals surface area (Å²) in [5.41, 5.74) is 6.87. The molecule has 0 aliphatic carbocycles. The van der Waals surface area contributed by atoms with Crippen molar-refractivity contribution in [1.82, 2.24) is 10.6 Å². The zero-order valence-corrected chi connectivity index (χ0v) is 14.2. The van der Waals surface area contributed by atoms with Gasteiger partial charge in [0.1, 0.15) is 17.9 Å². The maximum absolute atomic E-state index is 13.1. The molecule has 0 bridgehead atoms. The second kappa shape index (κ2) is 8.87. The third-order valence-electron chi connectivity index (χ3n) is 3.71. The van der Waals surface area contributed by atoms with Gasteiger partial charge < -0.3 is 11.1 Å². The number of halogens is 1. The largest absolute Gasteiger partial charge is 0.344 e. The lowest BCUT2D eigenvalue weighted by Gasteiger charge is -2.16. The average molecular weight is 357 g/mol. The van der Waals surface area contributed by atoms with Crippen molar-refractivity contribution in [3.8, 4) is 0 Å². The van der Waals surface area contributed by atoms with Crippen LogP contribution in [0.15, 0.2) is 54.6 Å². The summed E-state index contributed by atoms with van der Waals surface area (Å²) in [6.07, 6.45) is -0.0765. The molecular formula is C19H20FN3O3. The van der Waals surface area contributed by atoms with Gasteiger partial charge in [-0.3, -0.25) is 19.7 Å². The van der Waals surface area contributed by atoms with Crippen LogP contribution in [0.25, 0.3) is 0 Å². The minimum Gasteiger partial charge on any atom is -0.344 e. The molecule has 0 radical (unpaired) electrons. The standard InChI is InChI=1S/C19H20FN3O3/c1-12(22-16(24)11-13-6-5-9-15(20)10-13)18(25)23-19(26)17(21)14-7-3-2-4-8-14/h2-10,12,17H,11,21H2,1H3,(H,22,24)(H,23,25,26)/t12-,17+/m0/s1. The fourth-order valence-corrected chi connectivity index (χ4v) is 2.31. The molecule has 0 saturated heterocycles. The van der Waals surface area contributed by atoms with Crippen LogP contribution < -0.4 is 16.4 Å². The van der Waals surface area contributed by atoms with Crippen molar-refractivity contribution in [2.75, 3.05) is 0 Å². The normalized spacial score (nSPS) is 12.7. The molecule has 2 aromatic carbocycles. The Labute approximate surface area is 150 Å². The van der Waals surface area contributed by atoms with Gasteiger partial charge in [-0.1, -0.05) is 42.5 Å². The summed E-state index contributed by atoms with van der Waals surface area (Å²) >= 11 is 0. The first-order valence-electron chi connectivity index (χ1n) is 8.06. The van der Waals surface area contributed by atoms with Crippen molar-refractivity contribution in [2.24, 2.45) is 5.73 Å². The second-order valence-electron chi connectivity index (χ2n) is 5.84. The van der Waals surface area contributed by atoms with Gasteiger partial charge in [-0.25, -0.2) is 4.39 Å². The number of hydrogen-bond donors (Lipinski definition) is 3. The number of carbonyl (C=O) groups is 3. The Bertz CT molecular complexity index is 796. The molecule has 2 rings (SSSR count). The van der Waals surface area contributed by atoms with Crippen molar-refractivity contribution in [1.29, 1.82) is 0 Å². The molecule has 0 heterocycles. The number of imide groups is 1. The van der Waals surface area contributed by atoms with E-state index in [1.165, 1.54) is 25.1 Å². The van der Waals surface area contributed by atoms with Gasteiger partial charge in [0, 0.05) is 0 Å². The van der Waals surface area contributed by atoms with E-state index in [0.29, 0.717) is 11.1 Å². The zero-order valence-electron chi connectivity index (χ0n) is 14.2. The predicted molar refractivity (Wildman–Crippen MR) is 94.2 cm³/mol. The minimum atomic E-state index is -0.990. The first-order chi connectivity index (χ1) is 12.4. The Morgan fingerprint density at radius 2 is 1.73 bits per heavy atom. The molecule has 0 spiro atoms. The SMILES string of the molecule is C[C@H](NC(=O)Cc1cccc(F)c1)C(=O)NC(=O)[C@H](N)c1ccccc1. The summed E-state index contributed by atoms with van der Waals surface area (Å²) in [6.45, 7) is 1.44. The number of amides is 3. The highest BCUT2D eigenvalue weighted by Gasteiger charge is 2.22. The molecule has 136 valence electrons. The lowest BCUT2D eigenvalue weighted by Crippen LogP contribution is -2.49. The van der Waals surface area contributed by atoms with Crippen molar-refractivity contribution >= 4 is 17.7 Å². The molecule has 6 nitrogen and oxygen atoms in total. The van der Waals surface area contributed by atoms with Crippen molar-refractivity contribution in [2.45, 2.75) is 25.4 Å². The molecule has 0 aliphatic heterocycles. The number of benzene rings is 2. The fraction of sp³-hybridized carbons (Fsp3) is 0.211. The van der Waals surface area contributed by atoms with E-state index in [9.17, 15) is 18.8 Å². The molecule has 0 fully saturated rings. The third kappa shape index (κ3) is 5.49. The smallest absolute Gasteiger partial charge is 0.248 e. The van der Waals surface area contributed by atoms with Crippen LogP contribution in [-0.2, 0) is 20.8 Å². The molecule has 4 N–H and O–H groups in total. The van der Waals surface area contributed by atoms with Gasteiger partial charge in [0.05, 0.1) is 6.42 Å². The van der Waals surface area contributed by atoms with Crippen molar-refractivity contribution in [3.63, 3.8) is 0 Å². The molecule has 2 atom stereocenters. The highest BCUT2D eigenvalue weighted by Crippen LogP contribution is 2.09. The summed E-state index contributed by atoms with van der Waals surface area (Å²) in [7, 11) is 0. The third-order valence-corrected chi connectivity index (χ3v) is 3.71. The van der Waals surface area contributed by atoms with E-state index in [4.69, 9.17) is 5.73 Å². The molecule has 2 aromatic rings. The number of carbonyl (C=O) groups excluding carboxylic acids is 3. The van der Waals surface area contributed by atoms with Gasteiger partial charge in [0.2, 0.25) is 17.7 Å². The van der Waals surface area contributed by atoms with Crippen LogP contribution in [0, 0.1) is 5.82 Å². The van der Waals surface area contributed by atoms with Crippen LogP contribution >= 0.6 is 0 Å². The Morgan fingerprint density at radius 3 is 2.38 bits per heavy atom. The van der Waals surface area contributed by atoms with Gasteiger partial charge in [0.25, 0.3) is 0 Å². The van der Waals surface area contributed by atoms with Gasteiger partial charge >= 0.3 is 0 Å². The first-order valence-corrected chi connectivity index (χ1v) is 8.06. The summed E-state index contributed by atoms with van der Waals surface area (Å²) in [5.74, 6) is -2.24. The van der Waals surface area contributed by atoms with E-state index in [0.717, 1.165) is 0 Å². The Kier molecular flexibility index (Phi) is 6.57.